The minimum atomic E-state index is -0.317. The minimum Gasteiger partial charge on any atom is -0.461 e. The van der Waals surface area contributed by atoms with E-state index in [9.17, 15) is 9.18 Å². The molecule has 0 saturated carbocycles. The van der Waals surface area contributed by atoms with Crippen LogP contribution in [0.5, 0.6) is 0 Å². The van der Waals surface area contributed by atoms with Gasteiger partial charge in [-0.3, -0.25) is 9.69 Å². The van der Waals surface area contributed by atoms with E-state index in [4.69, 9.17) is 9.15 Å². The number of hydrogen-bond donors (Lipinski definition) is 0. The van der Waals surface area contributed by atoms with Gasteiger partial charge in [-0.1, -0.05) is 18.2 Å². The maximum atomic E-state index is 13.0. The topological polar surface area (TPSA) is 42.7 Å². The zero-order valence-corrected chi connectivity index (χ0v) is 13.6. The van der Waals surface area contributed by atoms with E-state index in [1.165, 1.54) is 24.6 Å². The predicted octanol–water partition coefficient (Wildman–Crippen LogP) is 3.77. The third kappa shape index (κ3) is 4.32. The molecule has 0 fully saturated rings. The fraction of sp³-hybridized carbons (Fsp3) is 0.316. The number of ether oxygens (including phenoxy) is 1. The average molecular weight is 329 g/mol. The SMILES string of the molecule is CC(=O)OCc1ccc(CN2CC=C(c3ccc(F)cc3)CC2)o1. The largest absolute Gasteiger partial charge is 0.461 e. The number of furan rings is 1. The van der Waals surface area contributed by atoms with E-state index in [0.717, 1.165) is 30.8 Å². The van der Waals surface area contributed by atoms with Crippen LogP contribution in [0.25, 0.3) is 5.57 Å². The zero-order valence-electron chi connectivity index (χ0n) is 13.6. The molecule has 1 aromatic carbocycles. The molecule has 1 aromatic heterocycles. The molecule has 0 bridgehead atoms. The van der Waals surface area contributed by atoms with Crippen LogP contribution >= 0.6 is 0 Å². The number of halogens is 1. The van der Waals surface area contributed by atoms with E-state index in [1.54, 1.807) is 0 Å². The van der Waals surface area contributed by atoms with Gasteiger partial charge >= 0.3 is 5.97 Å². The maximum absolute atomic E-state index is 13.0. The molecule has 2 heterocycles. The molecule has 1 aliphatic heterocycles. The van der Waals surface area contributed by atoms with Gasteiger partial charge in [-0.05, 0) is 41.8 Å². The van der Waals surface area contributed by atoms with E-state index in [2.05, 4.69) is 11.0 Å². The number of hydrogen-bond acceptors (Lipinski definition) is 4. The van der Waals surface area contributed by atoms with Gasteiger partial charge in [-0.2, -0.15) is 0 Å². The second-order valence-corrected chi connectivity index (χ2v) is 5.87. The minimum absolute atomic E-state index is 0.171. The Kier molecular flexibility index (Phi) is 5.11. The van der Waals surface area contributed by atoms with Gasteiger partial charge in [0.25, 0.3) is 0 Å². The van der Waals surface area contributed by atoms with Gasteiger partial charge in [0.05, 0.1) is 6.54 Å². The number of rotatable bonds is 5. The van der Waals surface area contributed by atoms with Gasteiger partial charge in [0, 0.05) is 20.0 Å². The van der Waals surface area contributed by atoms with Crippen LogP contribution in [0.3, 0.4) is 0 Å². The molecule has 0 spiro atoms. The lowest BCUT2D eigenvalue weighted by Crippen LogP contribution is -2.27. The Morgan fingerprint density at radius 3 is 2.62 bits per heavy atom. The van der Waals surface area contributed by atoms with Crippen molar-refractivity contribution < 1.29 is 18.3 Å². The average Bonchev–Trinajstić information content (AvgIpc) is 3.02. The summed E-state index contributed by atoms with van der Waals surface area (Å²) >= 11 is 0. The van der Waals surface area contributed by atoms with Crippen molar-refractivity contribution in [2.75, 3.05) is 13.1 Å². The van der Waals surface area contributed by atoms with Crippen molar-refractivity contribution in [1.82, 2.24) is 4.90 Å². The van der Waals surface area contributed by atoms with Crippen molar-refractivity contribution in [1.29, 1.82) is 0 Å². The summed E-state index contributed by atoms with van der Waals surface area (Å²) in [5.41, 5.74) is 2.33. The van der Waals surface area contributed by atoms with Gasteiger partial charge < -0.3 is 9.15 Å². The highest BCUT2D eigenvalue weighted by atomic mass is 19.1. The van der Waals surface area contributed by atoms with Crippen molar-refractivity contribution in [3.8, 4) is 0 Å². The van der Waals surface area contributed by atoms with Gasteiger partial charge in [0.15, 0.2) is 0 Å². The van der Waals surface area contributed by atoms with Crippen molar-refractivity contribution in [3.05, 3.63) is 65.4 Å². The fourth-order valence-corrected chi connectivity index (χ4v) is 2.76. The molecule has 4 nitrogen and oxygen atoms in total. The van der Waals surface area contributed by atoms with E-state index >= 15 is 0 Å². The summed E-state index contributed by atoms with van der Waals surface area (Å²) in [6, 6.07) is 10.4. The van der Waals surface area contributed by atoms with Crippen molar-refractivity contribution >= 4 is 11.5 Å². The van der Waals surface area contributed by atoms with Crippen molar-refractivity contribution in [2.24, 2.45) is 0 Å². The lowest BCUT2D eigenvalue weighted by molar-refractivity contribution is -0.142. The molecule has 0 atom stereocenters. The molecule has 126 valence electrons. The van der Waals surface area contributed by atoms with Crippen LogP contribution in [-0.2, 0) is 22.7 Å². The first-order valence-corrected chi connectivity index (χ1v) is 7.98. The van der Waals surface area contributed by atoms with Crippen LogP contribution in [0.2, 0.25) is 0 Å². The molecule has 0 amide bonds. The number of carbonyl (C=O) groups is 1. The number of carbonyl (C=O) groups excluding carboxylic acids is 1. The van der Waals surface area contributed by atoms with E-state index < -0.39 is 0 Å². The second-order valence-electron chi connectivity index (χ2n) is 5.87. The number of esters is 1. The van der Waals surface area contributed by atoms with Crippen LogP contribution in [0.1, 0.15) is 30.4 Å². The van der Waals surface area contributed by atoms with Crippen LogP contribution in [-0.4, -0.2) is 24.0 Å². The third-order valence-electron chi connectivity index (χ3n) is 4.02. The summed E-state index contributed by atoms with van der Waals surface area (Å²) in [5.74, 6) is 0.983. The van der Waals surface area contributed by atoms with Crippen LogP contribution in [0.15, 0.2) is 46.9 Å². The standard InChI is InChI=1S/C19H20FNO3/c1-14(22)23-13-19-7-6-18(24-19)12-21-10-8-16(9-11-21)15-2-4-17(20)5-3-15/h2-8H,9-13H2,1H3. The van der Waals surface area contributed by atoms with Gasteiger partial charge in [0.1, 0.15) is 23.9 Å². The Morgan fingerprint density at radius 2 is 1.96 bits per heavy atom. The molecule has 0 radical (unpaired) electrons. The number of benzene rings is 1. The molecule has 1 aliphatic rings. The van der Waals surface area contributed by atoms with Crippen LogP contribution < -0.4 is 0 Å². The highest BCUT2D eigenvalue weighted by Crippen LogP contribution is 2.23. The van der Waals surface area contributed by atoms with Crippen LogP contribution in [0.4, 0.5) is 4.39 Å². The predicted molar refractivity (Wildman–Crippen MR) is 88.4 cm³/mol. The fourth-order valence-electron chi connectivity index (χ4n) is 2.76. The summed E-state index contributed by atoms with van der Waals surface area (Å²) in [7, 11) is 0. The Hall–Kier alpha value is -2.40. The Bertz CT molecular complexity index is 733. The highest BCUT2D eigenvalue weighted by Gasteiger charge is 2.15. The zero-order chi connectivity index (χ0) is 16.9. The summed E-state index contributed by atoms with van der Waals surface area (Å²) in [6.07, 6.45) is 3.10. The molecular weight excluding hydrogens is 309 g/mol. The highest BCUT2D eigenvalue weighted by molar-refractivity contribution is 5.66. The molecule has 0 N–H and O–H groups in total. The Balaban J connectivity index is 1.55. The molecule has 24 heavy (non-hydrogen) atoms. The van der Waals surface area contributed by atoms with E-state index in [0.29, 0.717) is 12.3 Å². The normalized spacial score (nSPS) is 15.2. The smallest absolute Gasteiger partial charge is 0.303 e. The van der Waals surface area contributed by atoms with Crippen LogP contribution in [0, 0.1) is 5.82 Å². The first-order valence-electron chi connectivity index (χ1n) is 7.98. The first kappa shape index (κ1) is 16.5. The molecule has 0 saturated heterocycles. The molecule has 0 unspecified atom stereocenters. The Morgan fingerprint density at radius 1 is 1.21 bits per heavy atom. The lowest BCUT2D eigenvalue weighted by atomic mass is 9.99. The van der Waals surface area contributed by atoms with Gasteiger partial charge in [-0.25, -0.2) is 4.39 Å². The van der Waals surface area contributed by atoms with Crippen molar-refractivity contribution in [3.63, 3.8) is 0 Å². The third-order valence-corrected chi connectivity index (χ3v) is 4.02. The maximum Gasteiger partial charge on any atom is 0.303 e. The summed E-state index contributed by atoms with van der Waals surface area (Å²) < 4.78 is 23.6. The molecular formula is C19H20FNO3. The lowest BCUT2D eigenvalue weighted by Gasteiger charge is -2.25. The monoisotopic (exact) mass is 329 g/mol. The number of nitrogens with zero attached hydrogens (tertiary/aromatic N) is 1. The van der Waals surface area contributed by atoms with Crippen molar-refractivity contribution in [2.45, 2.75) is 26.5 Å². The van der Waals surface area contributed by atoms with E-state index in [-0.39, 0.29) is 18.4 Å². The van der Waals surface area contributed by atoms with Gasteiger partial charge in [0.2, 0.25) is 0 Å². The summed E-state index contributed by atoms with van der Waals surface area (Å²) in [6.45, 7) is 4.01. The quantitative estimate of drug-likeness (QED) is 0.783. The summed E-state index contributed by atoms with van der Waals surface area (Å²) in [4.78, 5) is 13.1. The first-order chi connectivity index (χ1) is 11.6. The Labute approximate surface area is 140 Å². The molecule has 3 rings (SSSR count). The van der Waals surface area contributed by atoms with Gasteiger partial charge in [-0.15, -0.1) is 0 Å². The summed E-state index contributed by atoms with van der Waals surface area (Å²) in [5, 5.41) is 0. The van der Waals surface area contributed by atoms with E-state index in [1.807, 2.05) is 24.3 Å². The molecule has 2 aromatic rings. The molecule has 0 aliphatic carbocycles. The second kappa shape index (κ2) is 7.45. The molecule has 5 heteroatoms.